The lowest BCUT2D eigenvalue weighted by molar-refractivity contribution is 0.0256. The third kappa shape index (κ3) is 5.46. The summed E-state index contributed by atoms with van der Waals surface area (Å²) in [4.78, 5) is 20.3. The minimum absolute atomic E-state index is 0.126. The third-order valence-corrected chi connectivity index (χ3v) is 6.22. The molecule has 0 unspecified atom stereocenters. The van der Waals surface area contributed by atoms with E-state index in [-0.39, 0.29) is 31.5 Å². The number of aromatic nitrogens is 4. The van der Waals surface area contributed by atoms with E-state index in [1.54, 1.807) is 11.9 Å². The quantitative estimate of drug-likeness (QED) is 0.430. The van der Waals surface area contributed by atoms with Crippen molar-refractivity contribution in [1.82, 2.24) is 19.9 Å². The first-order chi connectivity index (χ1) is 16.3. The number of nitrogens with zero attached hydrogens (tertiary/aromatic N) is 6. The van der Waals surface area contributed by atoms with Crippen molar-refractivity contribution in [2.24, 2.45) is 5.92 Å². The molecular weight excluding hydrogens is 446 g/mol. The summed E-state index contributed by atoms with van der Waals surface area (Å²) in [6, 6.07) is 1.87. The van der Waals surface area contributed by atoms with Gasteiger partial charge in [0.15, 0.2) is 0 Å². The van der Waals surface area contributed by atoms with Gasteiger partial charge in [-0.1, -0.05) is 0 Å². The number of aliphatic hydroxyl groups excluding tert-OH is 1. The molecule has 7 N–H and O–H groups in total. The lowest BCUT2D eigenvalue weighted by atomic mass is 10.1. The normalized spacial score (nSPS) is 20.9. The molecule has 2 fully saturated rings. The molecule has 0 spiro atoms. The molecule has 0 aliphatic carbocycles. The summed E-state index contributed by atoms with van der Waals surface area (Å²) >= 11 is 0. The third-order valence-electron chi connectivity index (χ3n) is 6.22. The van der Waals surface area contributed by atoms with Gasteiger partial charge < -0.3 is 37.0 Å². The van der Waals surface area contributed by atoms with Crippen molar-refractivity contribution >= 4 is 35.2 Å². The molecule has 5 rings (SSSR count). The highest BCUT2D eigenvalue weighted by molar-refractivity contribution is 5.63. The molecule has 2 aromatic heterocycles. The fourth-order valence-electron chi connectivity index (χ4n) is 4.45. The first-order valence-electron chi connectivity index (χ1n) is 11.5. The van der Waals surface area contributed by atoms with Gasteiger partial charge in [0.05, 0.1) is 6.54 Å². The minimum atomic E-state index is -2.63. The number of alkyl halides is 2. The number of nitrogens with two attached hydrogens (primary N) is 2. The monoisotopic (exact) mass is 478 g/mol. The molecular formula is C21H32F2N10O. The van der Waals surface area contributed by atoms with Gasteiger partial charge in [-0.2, -0.15) is 19.9 Å². The second kappa shape index (κ2) is 9.95. The van der Waals surface area contributed by atoms with Crippen LogP contribution in [0.25, 0.3) is 0 Å². The maximum Gasteiger partial charge on any atom is 0.266 e. The molecule has 5 heterocycles. The first-order valence-corrected chi connectivity index (χ1v) is 11.5. The van der Waals surface area contributed by atoms with E-state index in [0.29, 0.717) is 24.1 Å². The Balaban J connectivity index is 0.000000162. The molecule has 2 saturated heterocycles. The van der Waals surface area contributed by atoms with Crippen molar-refractivity contribution in [3.63, 3.8) is 0 Å². The van der Waals surface area contributed by atoms with E-state index in [9.17, 15) is 8.78 Å². The van der Waals surface area contributed by atoms with Crippen LogP contribution in [0, 0.1) is 5.92 Å². The van der Waals surface area contributed by atoms with Gasteiger partial charge in [0.2, 0.25) is 11.9 Å². The predicted molar refractivity (Wildman–Crippen MR) is 128 cm³/mol. The van der Waals surface area contributed by atoms with Gasteiger partial charge in [0, 0.05) is 63.8 Å². The molecule has 13 heteroatoms. The SMILES string of the molecule is CNc1cc(N2CC[C@@H](CO)C2)nc(N)n1.Nc1nc2c(c(N3CCC(F)(F)C3)n1)CCCN2. The molecule has 1 atom stereocenters. The van der Waals surface area contributed by atoms with Crippen molar-refractivity contribution in [3.05, 3.63) is 11.6 Å². The zero-order valence-corrected chi connectivity index (χ0v) is 19.3. The van der Waals surface area contributed by atoms with Crippen LogP contribution in [0.1, 0.15) is 24.8 Å². The predicted octanol–water partition coefficient (Wildman–Crippen LogP) is 1.18. The molecule has 0 bridgehead atoms. The summed E-state index contributed by atoms with van der Waals surface area (Å²) in [5, 5.41) is 15.2. The average molecular weight is 479 g/mol. The Morgan fingerprint density at radius 1 is 1.18 bits per heavy atom. The fourth-order valence-corrected chi connectivity index (χ4v) is 4.45. The first kappa shape index (κ1) is 23.9. The van der Waals surface area contributed by atoms with Crippen molar-refractivity contribution in [3.8, 4) is 0 Å². The van der Waals surface area contributed by atoms with E-state index in [4.69, 9.17) is 16.6 Å². The highest BCUT2D eigenvalue weighted by Gasteiger charge is 2.40. The van der Waals surface area contributed by atoms with E-state index in [1.807, 2.05) is 6.07 Å². The van der Waals surface area contributed by atoms with Crippen LogP contribution >= 0.6 is 0 Å². The Morgan fingerprint density at radius 2 is 1.97 bits per heavy atom. The van der Waals surface area contributed by atoms with Gasteiger partial charge >= 0.3 is 0 Å². The van der Waals surface area contributed by atoms with Gasteiger partial charge in [0.1, 0.15) is 23.3 Å². The number of hydrogen-bond acceptors (Lipinski definition) is 11. The Hall–Kier alpha value is -3.22. The lowest BCUT2D eigenvalue weighted by Gasteiger charge is -2.25. The average Bonchev–Trinajstić information content (AvgIpc) is 3.44. The summed E-state index contributed by atoms with van der Waals surface area (Å²) in [7, 11) is 1.80. The molecule has 0 amide bonds. The van der Waals surface area contributed by atoms with Gasteiger partial charge in [0.25, 0.3) is 5.92 Å². The van der Waals surface area contributed by atoms with Crippen LogP contribution in [0.15, 0.2) is 6.07 Å². The second-order valence-electron chi connectivity index (χ2n) is 8.79. The molecule has 0 aromatic carbocycles. The van der Waals surface area contributed by atoms with Crippen LogP contribution in [0.2, 0.25) is 0 Å². The van der Waals surface area contributed by atoms with Crippen molar-refractivity contribution in [1.29, 1.82) is 0 Å². The molecule has 3 aliphatic rings. The summed E-state index contributed by atoms with van der Waals surface area (Å²) in [6.45, 7) is 2.84. The van der Waals surface area contributed by atoms with Crippen LogP contribution in [0.3, 0.4) is 0 Å². The van der Waals surface area contributed by atoms with E-state index in [1.165, 1.54) is 0 Å². The van der Waals surface area contributed by atoms with Gasteiger partial charge in [-0.05, 0) is 19.3 Å². The fraction of sp³-hybridized carbons (Fsp3) is 0.619. The zero-order valence-electron chi connectivity index (χ0n) is 19.3. The maximum absolute atomic E-state index is 13.3. The van der Waals surface area contributed by atoms with E-state index >= 15 is 0 Å². The smallest absolute Gasteiger partial charge is 0.266 e. The van der Waals surface area contributed by atoms with Crippen molar-refractivity contribution in [2.75, 3.05) is 78.3 Å². The maximum atomic E-state index is 13.3. The topological polar surface area (TPSA) is 154 Å². The molecule has 2 aromatic rings. The Morgan fingerprint density at radius 3 is 2.65 bits per heavy atom. The lowest BCUT2D eigenvalue weighted by Crippen LogP contribution is -2.28. The van der Waals surface area contributed by atoms with Crippen LogP contribution < -0.4 is 31.9 Å². The summed E-state index contributed by atoms with van der Waals surface area (Å²) in [5.74, 6) is 0.926. The molecule has 11 nitrogen and oxygen atoms in total. The highest BCUT2D eigenvalue weighted by atomic mass is 19.3. The Bertz CT molecular complexity index is 1010. The van der Waals surface area contributed by atoms with Crippen molar-refractivity contribution < 1.29 is 13.9 Å². The van der Waals surface area contributed by atoms with Gasteiger partial charge in [-0.15, -0.1) is 0 Å². The second-order valence-corrected chi connectivity index (χ2v) is 8.79. The number of hydrogen-bond donors (Lipinski definition) is 5. The van der Waals surface area contributed by atoms with Crippen LogP contribution in [0.4, 0.5) is 43.9 Å². The number of fused-ring (bicyclic) bond motifs is 1. The van der Waals surface area contributed by atoms with E-state index in [2.05, 4.69) is 35.5 Å². The number of anilines is 6. The Kier molecular flexibility index (Phi) is 7.00. The number of rotatable bonds is 4. The van der Waals surface area contributed by atoms with E-state index in [0.717, 1.165) is 56.1 Å². The van der Waals surface area contributed by atoms with E-state index < -0.39 is 5.92 Å². The molecule has 0 saturated carbocycles. The standard InChI is InChI=1S/C11H15F2N5.C10H17N5O/c12-11(13)3-5-18(6-11)9-7-2-1-4-15-8(7)16-10(14)17-9;1-12-8-4-9(14-10(11)13-8)15-3-2-7(5-15)6-16/h1-6H2,(H3,14,15,16,17);4,7,16H,2-3,5-6H2,1H3,(H3,11,12,13,14)/t;7-/m.1/s1. The van der Waals surface area contributed by atoms with Crippen LogP contribution in [0.5, 0.6) is 0 Å². The zero-order chi connectivity index (χ0) is 24.3. The number of nitrogens with one attached hydrogen (secondary N) is 2. The summed E-state index contributed by atoms with van der Waals surface area (Å²) in [5.41, 5.74) is 12.2. The molecule has 34 heavy (non-hydrogen) atoms. The number of halogens is 2. The summed E-state index contributed by atoms with van der Waals surface area (Å²) in [6.07, 6.45) is 2.63. The van der Waals surface area contributed by atoms with Gasteiger partial charge in [-0.25, -0.2) is 8.78 Å². The van der Waals surface area contributed by atoms with Crippen LogP contribution in [-0.4, -0.2) is 77.3 Å². The Labute approximate surface area is 197 Å². The molecule has 186 valence electrons. The molecule has 0 radical (unpaired) electrons. The van der Waals surface area contributed by atoms with Crippen LogP contribution in [-0.2, 0) is 6.42 Å². The minimum Gasteiger partial charge on any atom is -0.396 e. The largest absolute Gasteiger partial charge is 0.396 e. The number of nitrogen functional groups attached to an aromatic ring is 2. The number of aliphatic hydroxyl groups is 1. The molecule has 3 aliphatic heterocycles. The van der Waals surface area contributed by atoms with Crippen molar-refractivity contribution in [2.45, 2.75) is 31.6 Å². The highest BCUT2D eigenvalue weighted by Crippen LogP contribution is 2.35. The van der Waals surface area contributed by atoms with Gasteiger partial charge in [-0.3, -0.25) is 0 Å². The summed E-state index contributed by atoms with van der Waals surface area (Å²) < 4.78 is 26.6.